The van der Waals surface area contributed by atoms with Crippen LogP contribution in [0.1, 0.15) is 31.7 Å². The Bertz CT molecular complexity index is 676. The van der Waals surface area contributed by atoms with E-state index < -0.39 is 0 Å². The first kappa shape index (κ1) is 21.0. The van der Waals surface area contributed by atoms with Crippen molar-refractivity contribution in [2.24, 2.45) is 11.5 Å². The van der Waals surface area contributed by atoms with Gasteiger partial charge in [0.1, 0.15) is 23.2 Å². The van der Waals surface area contributed by atoms with Crippen LogP contribution in [0.15, 0.2) is 60.4 Å². The molecule has 0 atom stereocenters. The molecule has 6 heteroatoms. The lowest BCUT2D eigenvalue weighted by Crippen LogP contribution is -2.11. The van der Waals surface area contributed by atoms with Crippen molar-refractivity contribution in [1.82, 2.24) is 0 Å². The van der Waals surface area contributed by atoms with Gasteiger partial charge in [-0.2, -0.15) is 0 Å². The highest BCUT2D eigenvalue weighted by Gasteiger charge is 1.99. The topological polar surface area (TPSA) is 118 Å². The molecule has 0 spiro atoms. The molecule has 1 aromatic rings. The molecular formula is C20H28N4O2. The zero-order chi connectivity index (χ0) is 19.4. The molecule has 0 aliphatic heterocycles. The minimum Gasteiger partial charge on any atom is -0.494 e. The van der Waals surface area contributed by atoms with Crippen molar-refractivity contribution in [3.05, 3.63) is 66.0 Å². The Hall–Kier alpha value is -3.02. The van der Waals surface area contributed by atoms with Crippen molar-refractivity contribution in [2.75, 3.05) is 13.2 Å². The number of nitrogens with two attached hydrogens (primary N) is 2. The van der Waals surface area contributed by atoms with Crippen LogP contribution >= 0.6 is 0 Å². The molecule has 6 N–H and O–H groups in total. The minimum absolute atomic E-state index is 0.0208. The molecule has 1 aromatic carbocycles. The van der Waals surface area contributed by atoms with Crippen LogP contribution in [0, 0.1) is 10.8 Å². The first-order valence-electron chi connectivity index (χ1n) is 8.51. The van der Waals surface area contributed by atoms with E-state index in [9.17, 15) is 0 Å². The average molecular weight is 356 g/mol. The molecule has 0 saturated carbocycles. The first-order valence-corrected chi connectivity index (χ1v) is 8.51. The van der Waals surface area contributed by atoms with E-state index in [4.69, 9.17) is 31.8 Å². The molecule has 6 nitrogen and oxygen atoms in total. The first-order chi connectivity index (χ1) is 12.4. The number of allylic oxidation sites excluding steroid dienone is 2. The fraction of sp³-hybridized carbons (Fsp3) is 0.300. The largest absolute Gasteiger partial charge is 0.494 e. The number of unbranched alkanes of at least 4 members (excludes halogenated alkanes) is 2. The van der Waals surface area contributed by atoms with Gasteiger partial charge in [0.15, 0.2) is 0 Å². The Kier molecular flexibility index (Phi) is 9.31. The highest BCUT2D eigenvalue weighted by atomic mass is 16.5. The number of ether oxygens (including phenoxy) is 2. The third kappa shape index (κ3) is 8.19. The molecule has 0 aliphatic rings. The number of rotatable bonds is 12. The molecule has 0 heterocycles. The van der Waals surface area contributed by atoms with Crippen molar-refractivity contribution >= 4 is 11.7 Å². The number of nitrogen functional groups attached to an aromatic ring is 1. The molecule has 0 fully saturated rings. The maximum atomic E-state index is 7.38. The summed E-state index contributed by atoms with van der Waals surface area (Å²) in [6.45, 7) is 6.85. The second-order valence-electron chi connectivity index (χ2n) is 5.65. The summed E-state index contributed by atoms with van der Waals surface area (Å²) >= 11 is 0. The van der Waals surface area contributed by atoms with Gasteiger partial charge >= 0.3 is 0 Å². The van der Waals surface area contributed by atoms with E-state index in [2.05, 4.69) is 6.58 Å². The summed E-state index contributed by atoms with van der Waals surface area (Å²) in [4.78, 5) is 0. The maximum absolute atomic E-state index is 7.38. The van der Waals surface area contributed by atoms with Crippen LogP contribution in [0.2, 0.25) is 0 Å². The second-order valence-corrected chi connectivity index (χ2v) is 5.65. The van der Waals surface area contributed by atoms with Crippen molar-refractivity contribution in [2.45, 2.75) is 26.2 Å². The van der Waals surface area contributed by atoms with Gasteiger partial charge in [-0.3, -0.25) is 10.8 Å². The summed E-state index contributed by atoms with van der Waals surface area (Å²) < 4.78 is 11.2. The molecule has 0 unspecified atom stereocenters. The zero-order valence-electron chi connectivity index (χ0n) is 15.3. The number of hydrogen-bond donors (Lipinski definition) is 4. The standard InChI is InChI=1S/C20H28N4O2/c1-3-16(19(21)22)8-7-15(2)25-13-5-4-6-14-26-18-11-9-17(10-12-18)20(23)24/h3,7-12H,2,4-6,13-14H2,1H3,(H3,21,22)(H3,23,24)/b8-7-,16-3+. The Balaban J connectivity index is 2.13. The maximum Gasteiger partial charge on any atom is 0.122 e. The molecule has 0 amide bonds. The summed E-state index contributed by atoms with van der Waals surface area (Å²) in [5.41, 5.74) is 12.2. The fourth-order valence-electron chi connectivity index (χ4n) is 2.08. The van der Waals surface area contributed by atoms with Crippen molar-refractivity contribution in [3.63, 3.8) is 0 Å². The lowest BCUT2D eigenvalue weighted by Gasteiger charge is -2.08. The number of hydrogen-bond acceptors (Lipinski definition) is 4. The van der Waals surface area contributed by atoms with Gasteiger partial charge in [-0.05, 0) is 62.6 Å². The van der Waals surface area contributed by atoms with E-state index in [-0.39, 0.29) is 11.7 Å². The van der Waals surface area contributed by atoms with Gasteiger partial charge in [-0.1, -0.05) is 12.7 Å². The van der Waals surface area contributed by atoms with Gasteiger partial charge in [-0.15, -0.1) is 0 Å². The Morgan fingerprint density at radius 1 is 1.04 bits per heavy atom. The predicted molar refractivity (Wildman–Crippen MR) is 107 cm³/mol. The molecule has 0 aliphatic carbocycles. The van der Waals surface area contributed by atoms with E-state index >= 15 is 0 Å². The molecule has 0 saturated heterocycles. The van der Waals surface area contributed by atoms with Gasteiger partial charge < -0.3 is 20.9 Å². The molecule has 1 rings (SSSR count). The van der Waals surface area contributed by atoms with Gasteiger partial charge in [0.2, 0.25) is 0 Å². The smallest absolute Gasteiger partial charge is 0.122 e. The average Bonchev–Trinajstić information content (AvgIpc) is 2.61. The summed E-state index contributed by atoms with van der Waals surface area (Å²) in [7, 11) is 0. The summed E-state index contributed by atoms with van der Waals surface area (Å²) in [5.74, 6) is 1.39. The lowest BCUT2D eigenvalue weighted by atomic mass is 10.2. The molecule has 140 valence electrons. The molecular weight excluding hydrogens is 328 g/mol. The SMILES string of the molecule is C=C(/C=C\C(=C/C)C(=N)N)OCCCCCOc1ccc(C(=N)N)cc1. The van der Waals surface area contributed by atoms with Crippen LogP contribution in [0.5, 0.6) is 5.75 Å². The normalized spacial score (nSPS) is 11.3. The van der Waals surface area contributed by atoms with Crippen molar-refractivity contribution in [1.29, 1.82) is 10.8 Å². The summed E-state index contributed by atoms with van der Waals surface area (Å²) in [6, 6.07) is 7.18. The molecule has 0 radical (unpaired) electrons. The van der Waals surface area contributed by atoms with E-state index in [0.717, 1.165) is 25.0 Å². The predicted octanol–water partition coefficient (Wildman–Crippen LogP) is 3.49. The highest BCUT2D eigenvalue weighted by molar-refractivity contribution is 5.97. The van der Waals surface area contributed by atoms with E-state index in [1.807, 2.05) is 19.1 Å². The van der Waals surface area contributed by atoms with E-state index in [1.165, 1.54) is 0 Å². The fourth-order valence-corrected chi connectivity index (χ4v) is 2.08. The monoisotopic (exact) mass is 356 g/mol. The third-order valence-electron chi connectivity index (χ3n) is 3.58. The number of benzene rings is 1. The molecule has 0 aromatic heterocycles. The van der Waals surface area contributed by atoms with Gasteiger partial charge in [-0.25, -0.2) is 0 Å². The Morgan fingerprint density at radius 2 is 1.69 bits per heavy atom. The third-order valence-corrected chi connectivity index (χ3v) is 3.58. The number of nitrogens with one attached hydrogen (secondary N) is 2. The van der Waals surface area contributed by atoms with Crippen molar-refractivity contribution in [3.8, 4) is 5.75 Å². The number of amidine groups is 2. The lowest BCUT2D eigenvalue weighted by molar-refractivity contribution is 0.214. The van der Waals surface area contributed by atoms with Gasteiger partial charge in [0, 0.05) is 11.1 Å². The highest BCUT2D eigenvalue weighted by Crippen LogP contribution is 2.12. The van der Waals surface area contributed by atoms with Crippen LogP contribution in [-0.4, -0.2) is 24.9 Å². The van der Waals surface area contributed by atoms with Gasteiger partial charge in [0.25, 0.3) is 0 Å². The zero-order valence-corrected chi connectivity index (χ0v) is 15.3. The summed E-state index contributed by atoms with van der Waals surface area (Å²) in [5, 5.41) is 14.7. The Morgan fingerprint density at radius 3 is 2.27 bits per heavy atom. The second kappa shape index (κ2) is 11.5. The van der Waals surface area contributed by atoms with E-state index in [1.54, 1.807) is 30.4 Å². The minimum atomic E-state index is 0.0208. The van der Waals surface area contributed by atoms with Crippen LogP contribution in [0.25, 0.3) is 0 Å². The molecule has 26 heavy (non-hydrogen) atoms. The molecule has 0 bridgehead atoms. The van der Waals surface area contributed by atoms with Crippen molar-refractivity contribution < 1.29 is 9.47 Å². The van der Waals surface area contributed by atoms with Crippen LogP contribution < -0.4 is 16.2 Å². The van der Waals surface area contributed by atoms with Crippen LogP contribution in [-0.2, 0) is 4.74 Å². The quantitative estimate of drug-likeness (QED) is 0.151. The summed E-state index contributed by atoms with van der Waals surface area (Å²) in [6.07, 6.45) is 8.01. The van der Waals surface area contributed by atoms with Gasteiger partial charge in [0.05, 0.1) is 13.2 Å². The van der Waals surface area contributed by atoms with E-state index in [0.29, 0.717) is 30.1 Å². The Labute approximate surface area is 155 Å². The van der Waals surface area contributed by atoms with Crippen LogP contribution in [0.4, 0.5) is 0 Å². The van der Waals surface area contributed by atoms with Crippen LogP contribution in [0.3, 0.4) is 0 Å².